The van der Waals surface area contributed by atoms with E-state index >= 15 is 0 Å². The molecule has 0 radical (unpaired) electrons. The SMILES string of the molecule is CCCn1c(=Nc2cc(SCC(=O)OC)c(Cl)cc2F)sc(=O)n1CC. The van der Waals surface area contributed by atoms with Crippen LogP contribution in [0.25, 0.3) is 0 Å². The van der Waals surface area contributed by atoms with Crippen LogP contribution in [-0.4, -0.2) is 28.2 Å². The van der Waals surface area contributed by atoms with E-state index in [0.29, 0.717) is 22.8 Å². The second kappa shape index (κ2) is 9.38. The van der Waals surface area contributed by atoms with E-state index in [2.05, 4.69) is 9.73 Å². The number of carbonyl (C=O) groups excluding carboxylic acids is 1. The van der Waals surface area contributed by atoms with E-state index in [1.54, 1.807) is 9.36 Å². The van der Waals surface area contributed by atoms with Crippen LogP contribution >= 0.6 is 34.7 Å². The Morgan fingerprint density at radius 3 is 2.73 bits per heavy atom. The van der Waals surface area contributed by atoms with Crippen molar-refractivity contribution in [3.05, 3.63) is 37.4 Å². The number of ether oxygens (including phenoxy) is 1. The molecular formula is C16H19ClFN3O3S2. The van der Waals surface area contributed by atoms with E-state index in [1.165, 1.54) is 13.2 Å². The highest BCUT2D eigenvalue weighted by atomic mass is 35.5. The standard InChI is InChI=1S/C16H19ClFN3O3S2/c1-4-6-21-15(26-16(23)20(21)5-2)19-12-8-13(10(17)7-11(12)18)25-9-14(22)24-3/h7-8H,4-6,9H2,1-3H3. The summed E-state index contributed by atoms with van der Waals surface area (Å²) in [5, 5.41) is 0.191. The molecule has 142 valence electrons. The van der Waals surface area contributed by atoms with Gasteiger partial charge in [-0.3, -0.25) is 14.3 Å². The Labute approximate surface area is 163 Å². The van der Waals surface area contributed by atoms with E-state index in [9.17, 15) is 14.0 Å². The van der Waals surface area contributed by atoms with E-state index in [0.717, 1.165) is 35.6 Å². The van der Waals surface area contributed by atoms with Crippen LogP contribution in [-0.2, 0) is 22.6 Å². The Morgan fingerprint density at radius 2 is 2.12 bits per heavy atom. The molecule has 6 nitrogen and oxygen atoms in total. The number of rotatable bonds is 7. The molecule has 0 atom stereocenters. The van der Waals surface area contributed by atoms with E-state index in [4.69, 9.17) is 11.6 Å². The zero-order valence-electron chi connectivity index (χ0n) is 14.6. The van der Waals surface area contributed by atoms with Gasteiger partial charge in [-0.1, -0.05) is 18.5 Å². The van der Waals surface area contributed by atoms with Crippen molar-refractivity contribution in [1.29, 1.82) is 0 Å². The van der Waals surface area contributed by atoms with Crippen LogP contribution in [0, 0.1) is 5.82 Å². The first-order chi connectivity index (χ1) is 12.4. The molecule has 2 rings (SSSR count). The lowest BCUT2D eigenvalue weighted by atomic mass is 10.3. The van der Waals surface area contributed by atoms with E-state index in [-0.39, 0.29) is 21.3 Å². The molecule has 0 aliphatic heterocycles. The van der Waals surface area contributed by atoms with Gasteiger partial charge in [0.2, 0.25) is 4.80 Å². The Kier molecular flexibility index (Phi) is 7.48. The Morgan fingerprint density at radius 1 is 1.38 bits per heavy atom. The number of hydrogen-bond acceptors (Lipinski definition) is 6. The fraction of sp³-hybridized carbons (Fsp3) is 0.438. The lowest BCUT2D eigenvalue weighted by molar-refractivity contribution is -0.137. The van der Waals surface area contributed by atoms with Crippen molar-refractivity contribution in [2.45, 2.75) is 38.3 Å². The second-order valence-electron chi connectivity index (χ2n) is 5.20. The molecule has 10 heteroatoms. The third-order valence-electron chi connectivity index (χ3n) is 3.43. The zero-order chi connectivity index (χ0) is 19.3. The smallest absolute Gasteiger partial charge is 0.325 e. The molecule has 1 heterocycles. The molecular weight excluding hydrogens is 401 g/mol. The molecule has 0 aliphatic carbocycles. The highest BCUT2D eigenvalue weighted by Crippen LogP contribution is 2.33. The minimum absolute atomic E-state index is 0.0523. The van der Waals surface area contributed by atoms with Crippen molar-refractivity contribution in [2.75, 3.05) is 12.9 Å². The molecule has 0 fully saturated rings. The van der Waals surface area contributed by atoms with Gasteiger partial charge < -0.3 is 4.74 Å². The molecule has 0 unspecified atom stereocenters. The van der Waals surface area contributed by atoms with Crippen molar-refractivity contribution in [3.8, 4) is 0 Å². The Balaban J connectivity index is 2.50. The summed E-state index contributed by atoms with van der Waals surface area (Å²) in [7, 11) is 1.29. The molecule has 0 aliphatic rings. The van der Waals surface area contributed by atoms with Gasteiger partial charge in [-0.25, -0.2) is 14.1 Å². The molecule has 2 aromatic rings. The van der Waals surface area contributed by atoms with Crippen molar-refractivity contribution >= 4 is 46.4 Å². The van der Waals surface area contributed by atoms with Gasteiger partial charge in [0, 0.05) is 18.0 Å². The summed E-state index contributed by atoms with van der Waals surface area (Å²) in [5.41, 5.74) is 0.0659. The molecule has 0 N–H and O–H groups in total. The van der Waals surface area contributed by atoms with Crippen molar-refractivity contribution in [1.82, 2.24) is 9.36 Å². The first-order valence-electron chi connectivity index (χ1n) is 7.95. The maximum atomic E-state index is 14.3. The fourth-order valence-corrected chi connectivity index (χ4v) is 4.23. The topological polar surface area (TPSA) is 65.6 Å². The van der Waals surface area contributed by atoms with Gasteiger partial charge >= 0.3 is 10.8 Å². The summed E-state index contributed by atoms with van der Waals surface area (Å²) in [6.45, 7) is 4.97. The fourth-order valence-electron chi connectivity index (χ4n) is 2.21. The molecule has 0 amide bonds. The van der Waals surface area contributed by atoms with Gasteiger partial charge in [-0.15, -0.1) is 11.8 Å². The van der Waals surface area contributed by atoms with Gasteiger partial charge in [-0.05, 0) is 36.8 Å². The van der Waals surface area contributed by atoms with Gasteiger partial charge in [0.25, 0.3) is 0 Å². The maximum absolute atomic E-state index is 14.3. The minimum Gasteiger partial charge on any atom is -0.468 e. The maximum Gasteiger partial charge on any atom is 0.325 e. The van der Waals surface area contributed by atoms with Crippen molar-refractivity contribution < 1.29 is 13.9 Å². The molecule has 1 aromatic carbocycles. The average molecular weight is 420 g/mol. The van der Waals surface area contributed by atoms with Crippen LogP contribution in [0.15, 0.2) is 26.8 Å². The largest absolute Gasteiger partial charge is 0.468 e. The highest BCUT2D eigenvalue weighted by Gasteiger charge is 2.13. The van der Waals surface area contributed by atoms with E-state index in [1.807, 2.05) is 13.8 Å². The average Bonchev–Trinajstić information content (AvgIpc) is 2.90. The second-order valence-corrected chi connectivity index (χ2v) is 7.54. The number of esters is 1. The zero-order valence-corrected chi connectivity index (χ0v) is 17.0. The molecule has 0 saturated carbocycles. The van der Waals surface area contributed by atoms with Gasteiger partial charge in [-0.2, -0.15) is 0 Å². The first kappa shape index (κ1) is 20.7. The molecule has 0 spiro atoms. The molecule has 0 bridgehead atoms. The Hall–Kier alpha value is -1.58. The van der Waals surface area contributed by atoms with Gasteiger partial charge in [0.05, 0.1) is 17.9 Å². The summed E-state index contributed by atoms with van der Waals surface area (Å²) in [6, 6.07) is 2.63. The molecule has 26 heavy (non-hydrogen) atoms. The predicted octanol–water partition coefficient (Wildman–Crippen LogP) is 3.43. The number of nitrogens with zero attached hydrogens (tertiary/aromatic N) is 3. The summed E-state index contributed by atoms with van der Waals surface area (Å²) in [5.74, 6) is -0.950. The van der Waals surface area contributed by atoms with Gasteiger partial charge in [0.1, 0.15) is 11.5 Å². The van der Waals surface area contributed by atoms with Crippen LogP contribution in [0.4, 0.5) is 10.1 Å². The van der Waals surface area contributed by atoms with Crippen molar-refractivity contribution in [3.63, 3.8) is 0 Å². The third-order valence-corrected chi connectivity index (χ3v) is 5.75. The number of thioether (sulfide) groups is 1. The van der Waals surface area contributed by atoms with Gasteiger partial charge in [0.15, 0.2) is 0 Å². The lowest BCUT2D eigenvalue weighted by Gasteiger charge is -2.08. The summed E-state index contributed by atoms with van der Waals surface area (Å²) < 4.78 is 22.2. The quantitative estimate of drug-likeness (QED) is 0.509. The predicted molar refractivity (Wildman–Crippen MR) is 102 cm³/mol. The third kappa shape index (κ3) is 4.77. The molecule has 0 saturated heterocycles. The van der Waals surface area contributed by atoms with Crippen LogP contribution in [0.1, 0.15) is 20.3 Å². The number of benzene rings is 1. The number of carbonyl (C=O) groups is 1. The summed E-state index contributed by atoms with van der Waals surface area (Å²) >= 11 is 8.15. The number of hydrogen-bond donors (Lipinski definition) is 0. The number of methoxy groups -OCH3 is 1. The van der Waals surface area contributed by atoms with Crippen LogP contribution in [0.5, 0.6) is 0 Å². The minimum atomic E-state index is -0.593. The normalized spacial score (nSPS) is 11.8. The monoisotopic (exact) mass is 419 g/mol. The number of halogens is 2. The number of aromatic nitrogens is 2. The molecule has 1 aromatic heterocycles. The Bertz CT molecular complexity index is 920. The van der Waals surface area contributed by atoms with Crippen LogP contribution < -0.4 is 9.67 Å². The van der Waals surface area contributed by atoms with Crippen LogP contribution in [0.2, 0.25) is 5.02 Å². The highest BCUT2D eigenvalue weighted by molar-refractivity contribution is 8.00. The lowest BCUT2D eigenvalue weighted by Crippen LogP contribution is -2.26. The first-order valence-corrected chi connectivity index (χ1v) is 10.1. The van der Waals surface area contributed by atoms with Crippen LogP contribution in [0.3, 0.4) is 0 Å². The van der Waals surface area contributed by atoms with E-state index < -0.39 is 11.8 Å². The van der Waals surface area contributed by atoms with Crippen molar-refractivity contribution in [2.24, 2.45) is 4.99 Å². The summed E-state index contributed by atoms with van der Waals surface area (Å²) in [6.07, 6.45) is 0.812. The summed E-state index contributed by atoms with van der Waals surface area (Å²) in [4.78, 5) is 28.5.